The molecular weight excluding hydrogens is 288 g/mol. The summed E-state index contributed by atoms with van der Waals surface area (Å²) in [7, 11) is 1.61. The zero-order valence-electron chi connectivity index (χ0n) is 13.0. The Labute approximate surface area is 135 Å². The number of hydrogen-bond acceptors (Lipinski definition) is 3. The fraction of sp³-hybridized carbons (Fsp3) is 0.211. The van der Waals surface area contributed by atoms with E-state index >= 15 is 0 Å². The van der Waals surface area contributed by atoms with E-state index in [1.807, 2.05) is 41.3 Å². The van der Waals surface area contributed by atoms with Gasteiger partial charge in [-0.25, -0.2) is 0 Å². The lowest BCUT2D eigenvalue weighted by Crippen LogP contribution is -2.25. The van der Waals surface area contributed by atoms with Crippen molar-refractivity contribution in [3.05, 3.63) is 64.7 Å². The molecular formula is C19H18N2O2. The fourth-order valence-corrected chi connectivity index (χ4v) is 3.26. The van der Waals surface area contributed by atoms with Gasteiger partial charge < -0.3 is 15.4 Å². The van der Waals surface area contributed by atoms with Crippen molar-refractivity contribution in [2.75, 3.05) is 12.0 Å². The van der Waals surface area contributed by atoms with Crippen LogP contribution in [0.1, 0.15) is 27.0 Å². The van der Waals surface area contributed by atoms with Crippen LogP contribution < -0.4 is 15.4 Å². The second kappa shape index (κ2) is 5.25. The first-order valence-corrected chi connectivity index (χ1v) is 7.71. The zero-order valence-corrected chi connectivity index (χ0v) is 13.0. The van der Waals surface area contributed by atoms with E-state index in [2.05, 4.69) is 12.1 Å². The van der Waals surface area contributed by atoms with Crippen LogP contribution in [-0.2, 0) is 13.0 Å². The quantitative estimate of drug-likeness (QED) is 0.928. The molecule has 116 valence electrons. The molecule has 0 bridgehead atoms. The van der Waals surface area contributed by atoms with Gasteiger partial charge in [0.1, 0.15) is 5.75 Å². The number of benzene rings is 2. The molecule has 1 amide bonds. The van der Waals surface area contributed by atoms with Crippen LogP contribution in [0.2, 0.25) is 0 Å². The number of carbonyl (C=O) groups excluding carboxylic acids is 1. The summed E-state index contributed by atoms with van der Waals surface area (Å²) in [5.41, 5.74) is 11.0. The molecule has 2 N–H and O–H groups in total. The second-order valence-corrected chi connectivity index (χ2v) is 6.02. The lowest BCUT2D eigenvalue weighted by Gasteiger charge is -2.20. The van der Waals surface area contributed by atoms with Gasteiger partial charge >= 0.3 is 0 Å². The number of carbonyl (C=O) groups is 1. The molecule has 4 rings (SSSR count). The molecule has 23 heavy (non-hydrogen) atoms. The maximum atomic E-state index is 12.7. The summed E-state index contributed by atoms with van der Waals surface area (Å²) < 4.78 is 5.22. The minimum atomic E-state index is 0.0235. The van der Waals surface area contributed by atoms with Crippen LogP contribution in [0.5, 0.6) is 5.75 Å². The molecule has 1 unspecified atom stereocenters. The molecule has 0 fully saturated rings. The van der Waals surface area contributed by atoms with E-state index in [-0.39, 0.29) is 11.9 Å². The predicted molar refractivity (Wildman–Crippen MR) is 90.7 cm³/mol. The SMILES string of the molecule is COc1ccc2c(c1)C(=O)N(c1ccc3c(c1)C=CC(N)C3)C2. The van der Waals surface area contributed by atoms with E-state index in [0.717, 1.165) is 28.8 Å². The van der Waals surface area contributed by atoms with Crippen LogP contribution in [0, 0.1) is 0 Å². The smallest absolute Gasteiger partial charge is 0.259 e. The number of nitrogens with zero attached hydrogens (tertiary/aromatic N) is 1. The Morgan fingerprint density at radius 3 is 2.83 bits per heavy atom. The number of nitrogens with two attached hydrogens (primary N) is 1. The standard InChI is InChI=1S/C19H18N2O2/c1-23-17-7-4-14-11-21(19(22)18(14)10-17)16-6-3-12-8-15(20)5-2-13(12)9-16/h2-7,9-10,15H,8,11,20H2,1H3. The molecule has 1 aliphatic heterocycles. The van der Waals surface area contributed by atoms with Gasteiger partial charge in [0.05, 0.1) is 13.7 Å². The Balaban J connectivity index is 1.68. The Morgan fingerprint density at radius 2 is 2.00 bits per heavy atom. The Morgan fingerprint density at radius 1 is 1.17 bits per heavy atom. The van der Waals surface area contributed by atoms with E-state index in [0.29, 0.717) is 12.3 Å². The van der Waals surface area contributed by atoms with E-state index in [4.69, 9.17) is 10.5 Å². The van der Waals surface area contributed by atoms with Gasteiger partial charge in [-0.15, -0.1) is 0 Å². The van der Waals surface area contributed by atoms with Crippen LogP contribution in [0.25, 0.3) is 6.08 Å². The van der Waals surface area contributed by atoms with Crippen molar-refractivity contribution >= 4 is 17.7 Å². The van der Waals surface area contributed by atoms with Crippen molar-refractivity contribution in [2.24, 2.45) is 5.73 Å². The van der Waals surface area contributed by atoms with E-state index in [1.54, 1.807) is 7.11 Å². The minimum absolute atomic E-state index is 0.0235. The molecule has 1 atom stereocenters. The third-order valence-electron chi connectivity index (χ3n) is 4.54. The van der Waals surface area contributed by atoms with Crippen molar-refractivity contribution in [1.29, 1.82) is 0 Å². The summed E-state index contributed by atoms with van der Waals surface area (Å²) in [6, 6.07) is 11.9. The van der Waals surface area contributed by atoms with Crippen LogP contribution in [0.15, 0.2) is 42.5 Å². The monoisotopic (exact) mass is 306 g/mol. The van der Waals surface area contributed by atoms with Crippen LogP contribution in [-0.4, -0.2) is 19.1 Å². The first-order chi connectivity index (χ1) is 11.2. The van der Waals surface area contributed by atoms with Crippen molar-refractivity contribution in [2.45, 2.75) is 19.0 Å². The maximum Gasteiger partial charge on any atom is 0.259 e. The molecule has 0 saturated carbocycles. The van der Waals surface area contributed by atoms with Crippen molar-refractivity contribution < 1.29 is 9.53 Å². The van der Waals surface area contributed by atoms with Crippen molar-refractivity contribution in [3.63, 3.8) is 0 Å². The molecule has 2 aliphatic rings. The van der Waals surface area contributed by atoms with Crippen molar-refractivity contribution in [3.8, 4) is 5.75 Å². The normalized spacial score (nSPS) is 18.8. The zero-order chi connectivity index (χ0) is 16.0. The summed E-state index contributed by atoms with van der Waals surface area (Å²) in [6.07, 6.45) is 4.90. The Hall–Kier alpha value is -2.59. The molecule has 0 saturated heterocycles. The van der Waals surface area contributed by atoms with Crippen molar-refractivity contribution in [1.82, 2.24) is 0 Å². The van der Waals surface area contributed by atoms with Gasteiger partial charge in [0.25, 0.3) is 5.91 Å². The topological polar surface area (TPSA) is 55.6 Å². The lowest BCUT2D eigenvalue weighted by molar-refractivity contribution is 0.0996. The number of fused-ring (bicyclic) bond motifs is 2. The van der Waals surface area contributed by atoms with Gasteiger partial charge in [-0.2, -0.15) is 0 Å². The summed E-state index contributed by atoms with van der Waals surface area (Å²) in [4.78, 5) is 14.5. The third kappa shape index (κ3) is 2.32. The third-order valence-corrected chi connectivity index (χ3v) is 4.54. The molecule has 1 heterocycles. The average molecular weight is 306 g/mol. The van der Waals surface area contributed by atoms with Gasteiger partial charge in [-0.05, 0) is 47.4 Å². The number of methoxy groups -OCH3 is 1. The molecule has 0 aromatic heterocycles. The molecule has 2 aromatic carbocycles. The first-order valence-electron chi connectivity index (χ1n) is 7.71. The maximum absolute atomic E-state index is 12.7. The fourth-order valence-electron chi connectivity index (χ4n) is 3.26. The summed E-state index contributed by atoms with van der Waals surface area (Å²) in [5, 5.41) is 0. The number of rotatable bonds is 2. The number of anilines is 1. The molecule has 1 aliphatic carbocycles. The second-order valence-electron chi connectivity index (χ2n) is 6.02. The average Bonchev–Trinajstić information content (AvgIpc) is 2.90. The highest BCUT2D eigenvalue weighted by molar-refractivity contribution is 6.10. The Bertz CT molecular complexity index is 826. The summed E-state index contributed by atoms with van der Waals surface area (Å²) in [5.74, 6) is 0.733. The van der Waals surface area contributed by atoms with Gasteiger partial charge in [0, 0.05) is 17.3 Å². The van der Waals surface area contributed by atoms with E-state index in [9.17, 15) is 4.79 Å². The molecule has 2 aromatic rings. The molecule has 0 radical (unpaired) electrons. The minimum Gasteiger partial charge on any atom is -0.497 e. The van der Waals surface area contributed by atoms with Crippen LogP contribution >= 0.6 is 0 Å². The molecule has 0 spiro atoms. The largest absolute Gasteiger partial charge is 0.497 e. The van der Waals surface area contributed by atoms with Gasteiger partial charge in [0.15, 0.2) is 0 Å². The number of hydrogen-bond donors (Lipinski definition) is 1. The van der Waals surface area contributed by atoms with Crippen LogP contribution in [0.3, 0.4) is 0 Å². The first kappa shape index (κ1) is 14.0. The van der Waals surface area contributed by atoms with E-state index in [1.165, 1.54) is 5.56 Å². The van der Waals surface area contributed by atoms with E-state index < -0.39 is 0 Å². The van der Waals surface area contributed by atoms with Crippen LogP contribution in [0.4, 0.5) is 5.69 Å². The highest BCUT2D eigenvalue weighted by Gasteiger charge is 2.29. The molecule has 4 heteroatoms. The lowest BCUT2D eigenvalue weighted by atomic mass is 9.94. The highest BCUT2D eigenvalue weighted by atomic mass is 16.5. The van der Waals surface area contributed by atoms with Gasteiger partial charge in [-0.1, -0.05) is 24.3 Å². The molecule has 4 nitrogen and oxygen atoms in total. The Kier molecular flexibility index (Phi) is 3.20. The summed E-state index contributed by atoms with van der Waals surface area (Å²) >= 11 is 0. The number of amides is 1. The van der Waals surface area contributed by atoms with Gasteiger partial charge in [0.2, 0.25) is 0 Å². The number of ether oxygens (including phenoxy) is 1. The predicted octanol–water partition coefficient (Wildman–Crippen LogP) is 2.75. The highest BCUT2D eigenvalue weighted by Crippen LogP contribution is 2.32. The summed E-state index contributed by atoms with van der Waals surface area (Å²) in [6.45, 7) is 0.597. The van der Waals surface area contributed by atoms with Gasteiger partial charge in [-0.3, -0.25) is 4.79 Å².